The second kappa shape index (κ2) is 5.92. The van der Waals surface area contributed by atoms with E-state index in [0.29, 0.717) is 12.1 Å². The Kier molecular flexibility index (Phi) is 4.25. The molecule has 1 saturated heterocycles. The Bertz CT molecular complexity index is 264. The molecule has 18 heavy (non-hydrogen) atoms. The largest absolute Gasteiger partial charge is 0.376 e. The summed E-state index contributed by atoms with van der Waals surface area (Å²) in [5.41, 5.74) is 0. The second-order valence-corrected chi connectivity index (χ2v) is 6.71. The smallest absolute Gasteiger partial charge is 0.0757 e. The number of hydrogen-bond acceptors (Lipinski definition) is 2. The average Bonchev–Trinajstić information content (AvgIpc) is 3.16. The Hall–Kier alpha value is -0.0800. The maximum Gasteiger partial charge on any atom is 0.0757 e. The van der Waals surface area contributed by atoms with E-state index in [1.807, 2.05) is 0 Å². The summed E-state index contributed by atoms with van der Waals surface area (Å²) in [5, 5.41) is 3.95. The van der Waals surface area contributed by atoms with Crippen LogP contribution in [0.2, 0.25) is 0 Å². The van der Waals surface area contributed by atoms with Gasteiger partial charge < -0.3 is 10.1 Å². The molecule has 1 N–H and O–H groups in total. The predicted octanol–water partition coefficient (Wildman–Crippen LogP) is 3.50. The lowest BCUT2D eigenvalue weighted by Gasteiger charge is -2.25. The summed E-state index contributed by atoms with van der Waals surface area (Å²) in [6.45, 7) is 3.34. The van der Waals surface area contributed by atoms with Gasteiger partial charge in [0.25, 0.3) is 0 Å². The van der Waals surface area contributed by atoms with Gasteiger partial charge in [-0.3, -0.25) is 0 Å². The number of rotatable bonds is 4. The van der Waals surface area contributed by atoms with Crippen LogP contribution < -0.4 is 5.32 Å². The van der Waals surface area contributed by atoms with Crippen molar-refractivity contribution in [3.8, 4) is 0 Å². The summed E-state index contributed by atoms with van der Waals surface area (Å²) >= 11 is 0. The molecule has 0 spiro atoms. The summed E-state index contributed by atoms with van der Waals surface area (Å²) in [6, 6.07) is 1.44. The van der Waals surface area contributed by atoms with Crippen molar-refractivity contribution < 1.29 is 4.74 Å². The molecular formula is C16H29NO. The minimum Gasteiger partial charge on any atom is -0.376 e. The molecule has 0 bridgehead atoms. The minimum atomic E-state index is 0.551. The van der Waals surface area contributed by atoms with E-state index in [4.69, 9.17) is 4.74 Å². The van der Waals surface area contributed by atoms with E-state index in [9.17, 15) is 0 Å². The van der Waals surface area contributed by atoms with Gasteiger partial charge in [0.15, 0.2) is 0 Å². The molecule has 2 aliphatic carbocycles. The lowest BCUT2D eigenvalue weighted by molar-refractivity contribution is 0.0783. The van der Waals surface area contributed by atoms with Crippen molar-refractivity contribution in [3.63, 3.8) is 0 Å². The van der Waals surface area contributed by atoms with Crippen LogP contribution in [0.4, 0.5) is 0 Å². The first-order valence-electron chi connectivity index (χ1n) is 8.24. The van der Waals surface area contributed by atoms with Gasteiger partial charge in [-0.2, -0.15) is 0 Å². The van der Waals surface area contributed by atoms with E-state index < -0.39 is 0 Å². The fraction of sp³-hybridized carbons (Fsp3) is 1.00. The highest BCUT2D eigenvalue weighted by molar-refractivity contribution is 4.95. The maximum atomic E-state index is 5.94. The quantitative estimate of drug-likeness (QED) is 0.772. The molecule has 0 aromatic rings. The zero-order valence-corrected chi connectivity index (χ0v) is 11.9. The Morgan fingerprint density at radius 2 is 1.89 bits per heavy atom. The fourth-order valence-corrected chi connectivity index (χ4v) is 3.94. The first-order chi connectivity index (χ1) is 8.86. The Balaban J connectivity index is 1.49. The Morgan fingerprint density at radius 3 is 2.67 bits per heavy atom. The highest BCUT2D eigenvalue weighted by Gasteiger charge is 2.41. The van der Waals surface area contributed by atoms with Crippen molar-refractivity contribution in [3.05, 3.63) is 0 Å². The van der Waals surface area contributed by atoms with Crippen LogP contribution in [0.25, 0.3) is 0 Å². The SMILES string of the molecule is CCC1CCCC(NC2CCOC2C2CC2)CC1. The van der Waals surface area contributed by atoms with Gasteiger partial charge in [0.05, 0.1) is 6.10 Å². The molecule has 0 radical (unpaired) electrons. The summed E-state index contributed by atoms with van der Waals surface area (Å²) in [4.78, 5) is 0. The fourth-order valence-electron chi connectivity index (χ4n) is 3.94. The third-order valence-electron chi connectivity index (χ3n) is 5.34. The van der Waals surface area contributed by atoms with Crippen LogP contribution >= 0.6 is 0 Å². The molecule has 2 nitrogen and oxygen atoms in total. The van der Waals surface area contributed by atoms with Crippen LogP contribution in [0.1, 0.15) is 64.7 Å². The van der Waals surface area contributed by atoms with Gasteiger partial charge in [-0.1, -0.05) is 26.2 Å². The Labute approximate surface area is 112 Å². The van der Waals surface area contributed by atoms with E-state index in [2.05, 4.69) is 12.2 Å². The molecular weight excluding hydrogens is 222 g/mol. The molecule has 0 aromatic carbocycles. The van der Waals surface area contributed by atoms with Gasteiger partial charge in [0, 0.05) is 18.7 Å². The molecule has 2 heteroatoms. The molecule has 4 atom stereocenters. The maximum absolute atomic E-state index is 5.94. The van der Waals surface area contributed by atoms with Crippen LogP contribution in [-0.4, -0.2) is 24.8 Å². The topological polar surface area (TPSA) is 21.3 Å². The van der Waals surface area contributed by atoms with Gasteiger partial charge in [-0.05, 0) is 50.4 Å². The van der Waals surface area contributed by atoms with Crippen LogP contribution in [0.3, 0.4) is 0 Å². The molecule has 1 heterocycles. The van der Waals surface area contributed by atoms with Gasteiger partial charge in [0.1, 0.15) is 0 Å². The third kappa shape index (κ3) is 3.08. The second-order valence-electron chi connectivity index (χ2n) is 6.71. The van der Waals surface area contributed by atoms with Gasteiger partial charge >= 0.3 is 0 Å². The minimum absolute atomic E-state index is 0.551. The molecule has 3 rings (SSSR count). The van der Waals surface area contributed by atoms with E-state index in [1.165, 1.54) is 57.8 Å². The van der Waals surface area contributed by atoms with Gasteiger partial charge in [-0.25, -0.2) is 0 Å². The zero-order chi connectivity index (χ0) is 12.4. The summed E-state index contributed by atoms with van der Waals surface area (Å²) in [6.07, 6.45) is 13.1. The van der Waals surface area contributed by atoms with Crippen molar-refractivity contribution >= 4 is 0 Å². The zero-order valence-electron chi connectivity index (χ0n) is 11.9. The molecule has 0 aromatic heterocycles. The molecule has 3 fully saturated rings. The van der Waals surface area contributed by atoms with Crippen molar-refractivity contribution in [2.24, 2.45) is 11.8 Å². The molecule has 2 saturated carbocycles. The summed E-state index contributed by atoms with van der Waals surface area (Å²) in [5.74, 6) is 1.88. The number of nitrogens with one attached hydrogen (secondary N) is 1. The van der Waals surface area contributed by atoms with E-state index >= 15 is 0 Å². The Morgan fingerprint density at radius 1 is 1.00 bits per heavy atom. The van der Waals surface area contributed by atoms with E-state index in [1.54, 1.807) is 0 Å². The van der Waals surface area contributed by atoms with Crippen molar-refractivity contribution in [1.29, 1.82) is 0 Å². The molecule has 3 aliphatic rings. The highest BCUT2D eigenvalue weighted by atomic mass is 16.5. The number of ether oxygens (including phenoxy) is 1. The lowest BCUT2D eigenvalue weighted by atomic mass is 9.97. The van der Waals surface area contributed by atoms with Crippen LogP contribution in [0, 0.1) is 11.8 Å². The molecule has 0 amide bonds. The standard InChI is InChI=1S/C16H29NO/c1-2-12-4-3-5-14(9-6-12)17-15-10-11-18-16(15)13-7-8-13/h12-17H,2-11H2,1H3. The predicted molar refractivity (Wildman–Crippen MR) is 74.7 cm³/mol. The van der Waals surface area contributed by atoms with Crippen LogP contribution in [0.15, 0.2) is 0 Å². The van der Waals surface area contributed by atoms with Crippen LogP contribution in [-0.2, 0) is 4.74 Å². The summed E-state index contributed by atoms with van der Waals surface area (Å²) < 4.78 is 5.94. The average molecular weight is 251 g/mol. The van der Waals surface area contributed by atoms with E-state index in [-0.39, 0.29) is 0 Å². The first-order valence-corrected chi connectivity index (χ1v) is 8.24. The first kappa shape index (κ1) is 12.9. The van der Waals surface area contributed by atoms with Gasteiger partial charge in [-0.15, -0.1) is 0 Å². The third-order valence-corrected chi connectivity index (χ3v) is 5.34. The molecule has 1 aliphatic heterocycles. The van der Waals surface area contributed by atoms with E-state index in [0.717, 1.165) is 24.5 Å². The molecule has 4 unspecified atom stereocenters. The van der Waals surface area contributed by atoms with Crippen molar-refractivity contribution in [1.82, 2.24) is 5.32 Å². The van der Waals surface area contributed by atoms with Crippen molar-refractivity contribution in [2.45, 2.75) is 82.9 Å². The van der Waals surface area contributed by atoms with Crippen molar-refractivity contribution in [2.75, 3.05) is 6.61 Å². The van der Waals surface area contributed by atoms with Crippen LogP contribution in [0.5, 0.6) is 0 Å². The van der Waals surface area contributed by atoms with Gasteiger partial charge in [0.2, 0.25) is 0 Å². The highest BCUT2D eigenvalue weighted by Crippen LogP contribution is 2.39. The molecule has 104 valence electrons. The monoisotopic (exact) mass is 251 g/mol. The lowest BCUT2D eigenvalue weighted by Crippen LogP contribution is -2.43. The number of hydrogen-bond donors (Lipinski definition) is 1. The normalized spacial score (nSPS) is 41.8. The summed E-state index contributed by atoms with van der Waals surface area (Å²) in [7, 11) is 0.